The Morgan fingerprint density at radius 3 is 2.78 bits per heavy atom. The van der Waals surface area contributed by atoms with Crippen molar-refractivity contribution in [3.05, 3.63) is 35.4 Å². The van der Waals surface area contributed by atoms with Gasteiger partial charge in [0, 0.05) is 37.2 Å². The molecule has 0 aromatic carbocycles. The molecule has 0 saturated heterocycles. The first-order valence-corrected chi connectivity index (χ1v) is 5.80. The molecule has 2 heterocycles. The molecule has 6 heteroatoms. The number of carbonyl (C=O) groups is 1. The third kappa shape index (κ3) is 2.77. The van der Waals surface area contributed by atoms with E-state index in [1.165, 1.54) is 0 Å². The summed E-state index contributed by atoms with van der Waals surface area (Å²) in [6, 6.07) is 1.87. The second kappa shape index (κ2) is 5.03. The fourth-order valence-corrected chi connectivity index (χ4v) is 1.77. The SMILES string of the molecule is Cc1nn(C)cc1CNC(=O)Cn1nccc1C. The minimum absolute atomic E-state index is 0.0509. The summed E-state index contributed by atoms with van der Waals surface area (Å²) in [7, 11) is 1.87. The zero-order valence-corrected chi connectivity index (χ0v) is 10.8. The minimum atomic E-state index is -0.0509. The molecule has 0 fully saturated rings. The Morgan fingerprint density at radius 2 is 2.22 bits per heavy atom. The van der Waals surface area contributed by atoms with Crippen molar-refractivity contribution >= 4 is 5.91 Å². The number of carbonyl (C=O) groups excluding carboxylic acids is 1. The summed E-state index contributed by atoms with van der Waals surface area (Å²) in [6.45, 7) is 4.60. The number of aromatic nitrogens is 4. The second-order valence-electron chi connectivity index (χ2n) is 4.32. The van der Waals surface area contributed by atoms with Gasteiger partial charge in [0.05, 0.1) is 5.69 Å². The standard InChI is InChI=1S/C12H17N5O/c1-9-4-5-14-17(9)8-12(18)13-6-11-7-16(3)15-10(11)2/h4-5,7H,6,8H2,1-3H3,(H,13,18). The molecule has 0 spiro atoms. The summed E-state index contributed by atoms with van der Waals surface area (Å²) in [5, 5.41) is 11.2. The van der Waals surface area contributed by atoms with Crippen LogP contribution in [0.15, 0.2) is 18.5 Å². The molecule has 0 aliphatic carbocycles. The Kier molecular flexibility index (Phi) is 3.45. The second-order valence-corrected chi connectivity index (χ2v) is 4.32. The molecule has 96 valence electrons. The smallest absolute Gasteiger partial charge is 0.242 e. The lowest BCUT2D eigenvalue weighted by atomic mass is 10.2. The first-order chi connectivity index (χ1) is 8.56. The van der Waals surface area contributed by atoms with Crippen LogP contribution in [0, 0.1) is 13.8 Å². The van der Waals surface area contributed by atoms with Gasteiger partial charge in [-0.1, -0.05) is 0 Å². The van der Waals surface area contributed by atoms with Gasteiger partial charge in [0.25, 0.3) is 0 Å². The van der Waals surface area contributed by atoms with Gasteiger partial charge in [0.1, 0.15) is 6.54 Å². The predicted octanol–water partition coefficient (Wildman–Crippen LogP) is 0.550. The van der Waals surface area contributed by atoms with E-state index in [1.54, 1.807) is 15.6 Å². The van der Waals surface area contributed by atoms with E-state index in [-0.39, 0.29) is 12.5 Å². The third-order valence-corrected chi connectivity index (χ3v) is 2.81. The first kappa shape index (κ1) is 12.3. The maximum absolute atomic E-state index is 11.8. The molecule has 1 amide bonds. The van der Waals surface area contributed by atoms with Gasteiger partial charge in [-0.2, -0.15) is 10.2 Å². The van der Waals surface area contributed by atoms with E-state index in [2.05, 4.69) is 15.5 Å². The number of aryl methyl sites for hydroxylation is 3. The highest BCUT2D eigenvalue weighted by atomic mass is 16.2. The van der Waals surface area contributed by atoms with E-state index in [9.17, 15) is 4.79 Å². The van der Waals surface area contributed by atoms with Gasteiger partial charge in [-0.3, -0.25) is 14.2 Å². The van der Waals surface area contributed by atoms with Crippen LogP contribution in [0.3, 0.4) is 0 Å². The Bertz CT molecular complexity index is 555. The van der Waals surface area contributed by atoms with Gasteiger partial charge in [-0.25, -0.2) is 0 Å². The normalized spacial score (nSPS) is 10.6. The number of hydrogen-bond acceptors (Lipinski definition) is 3. The van der Waals surface area contributed by atoms with Crippen LogP contribution in [0.25, 0.3) is 0 Å². The molecule has 0 saturated carbocycles. The first-order valence-electron chi connectivity index (χ1n) is 5.80. The monoisotopic (exact) mass is 247 g/mol. The summed E-state index contributed by atoms with van der Waals surface area (Å²) in [5.41, 5.74) is 2.94. The van der Waals surface area contributed by atoms with Gasteiger partial charge in [0.15, 0.2) is 0 Å². The van der Waals surface area contributed by atoms with E-state index in [1.807, 2.05) is 33.2 Å². The van der Waals surface area contributed by atoms with Crippen LogP contribution in [0.5, 0.6) is 0 Å². The van der Waals surface area contributed by atoms with Crippen molar-refractivity contribution in [2.75, 3.05) is 0 Å². The van der Waals surface area contributed by atoms with E-state index >= 15 is 0 Å². The van der Waals surface area contributed by atoms with E-state index in [4.69, 9.17) is 0 Å². The number of hydrogen-bond donors (Lipinski definition) is 1. The van der Waals surface area contributed by atoms with Crippen molar-refractivity contribution in [3.63, 3.8) is 0 Å². The quantitative estimate of drug-likeness (QED) is 0.858. The zero-order chi connectivity index (χ0) is 13.1. The van der Waals surface area contributed by atoms with Crippen molar-refractivity contribution in [2.24, 2.45) is 7.05 Å². The highest BCUT2D eigenvalue weighted by Gasteiger charge is 2.07. The number of rotatable bonds is 4. The fourth-order valence-electron chi connectivity index (χ4n) is 1.77. The van der Waals surface area contributed by atoms with Crippen LogP contribution < -0.4 is 5.32 Å². The topological polar surface area (TPSA) is 64.7 Å². The number of amides is 1. The summed E-state index contributed by atoms with van der Waals surface area (Å²) in [4.78, 5) is 11.8. The Morgan fingerprint density at radius 1 is 1.44 bits per heavy atom. The summed E-state index contributed by atoms with van der Waals surface area (Å²) >= 11 is 0. The summed E-state index contributed by atoms with van der Waals surface area (Å²) < 4.78 is 3.42. The Balaban J connectivity index is 1.89. The molecular weight excluding hydrogens is 230 g/mol. The van der Waals surface area contributed by atoms with E-state index < -0.39 is 0 Å². The molecule has 2 rings (SSSR count). The van der Waals surface area contributed by atoms with Crippen LogP contribution in [0.4, 0.5) is 0 Å². The van der Waals surface area contributed by atoms with E-state index in [0.29, 0.717) is 6.54 Å². The molecule has 2 aromatic heterocycles. The molecule has 0 aliphatic heterocycles. The van der Waals surface area contributed by atoms with Gasteiger partial charge < -0.3 is 5.32 Å². The summed E-state index contributed by atoms with van der Waals surface area (Å²) in [5.74, 6) is -0.0509. The molecule has 0 atom stereocenters. The average Bonchev–Trinajstić information content (AvgIpc) is 2.83. The lowest BCUT2D eigenvalue weighted by Crippen LogP contribution is -2.28. The molecule has 0 unspecified atom stereocenters. The fraction of sp³-hybridized carbons (Fsp3) is 0.417. The molecule has 0 bridgehead atoms. The molecule has 0 radical (unpaired) electrons. The van der Waals surface area contributed by atoms with Crippen molar-refractivity contribution in [3.8, 4) is 0 Å². The van der Waals surface area contributed by atoms with Crippen molar-refractivity contribution < 1.29 is 4.79 Å². The van der Waals surface area contributed by atoms with Crippen LogP contribution in [0.1, 0.15) is 17.0 Å². The van der Waals surface area contributed by atoms with Gasteiger partial charge in [-0.15, -0.1) is 0 Å². The molecule has 18 heavy (non-hydrogen) atoms. The lowest BCUT2D eigenvalue weighted by Gasteiger charge is -2.06. The number of nitrogens with zero attached hydrogens (tertiary/aromatic N) is 4. The third-order valence-electron chi connectivity index (χ3n) is 2.81. The zero-order valence-electron chi connectivity index (χ0n) is 10.8. The maximum atomic E-state index is 11.8. The van der Waals surface area contributed by atoms with Crippen LogP contribution in [0.2, 0.25) is 0 Å². The number of nitrogens with one attached hydrogen (secondary N) is 1. The molecule has 6 nitrogen and oxygen atoms in total. The van der Waals surface area contributed by atoms with Crippen molar-refractivity contribution in [1.29, 1.82) is 0 Å². The molecular formula is C12H17N5O. The van der Waals surface area contributed by atoms with Crippen LogP contribution in [-0.4, -0.2) is 25.5 Å². The Labute approximate surface area is 106 Å². The highest BCUT2D eigenvalue weighted by molar-refractivity contribution is 5.75. The largest absolute Gasteiger partial charge is 0.350 e. The molecule has 2 aromatic rings. The van der Waals surface area contributed by atoms with Crippen LogP contribution >= 0.6 is 0 Å². The van der Waals surface area contributed by atoms with Gasteiger partial charge in [0.2, 0.25) is 5.91 Å². The van der Waals surface area contributed by atoms with Gasteiger partial charge >= 0.3 is 0 Å². The maximum Gasteiger partial charge on any atom is 0.242 e. The average molecular weight is 247 g/mol. The molecule has 0 aliphatic rings. The Hall–Kier alpha value is -2.11. The van der Waals surface area contributed by atoms with Crippen molar-refractivity contribution in [1.82, 2.24) is 24.9 Å². The minimum Gasteiger partial charge on any atom is -0.350 e. The van der Waals surface area contributed by atoms with Crippen molar-refractivity contribution in [2.45, 2.75) is 26.9 Å². The van der Waals surface area contributed by atoms with E-state index in [0.717, 1.165) is 17.0 Å². The predicted molar refractivity (Wildman–Crippen MR) is 66.8 cm³/mol. The summed E-state index contributed by atoms with van der Waals surface area (Å²) in [6.07, 6.45) is 3.60. The highest BCUT2D eigenvalue weighted by Crippen LogP contribution is 2.03. The van der Waals surface area contributed by atoms with Crippen LogP contribution in [-0.2, 0) is 24.9 Å². The lowest BCUT2D eigenvalue weighted by molar-refractivity contribution is -0.122. The molecule has 1 N–H and O–H groups in total. The van der Waals surface area contributed by atoms with Gasteiger partial charge in [-0.05, 0) is 19.9 Å².